The molecule has 0 bridgehead atoms. The summed E-state index contributed by atoms with van der Waals surface area (Å²) in [6.07, 6.45) is 0. The molecule has 6 heteroatoms. The first kappa shape index (κ1) is 16.9. The molecule has 108 valence electrons. The SMILES string of the molecule is Cc1ccc(P(=O)(O[Si](C)(C)C)O[Si](C)(C)C)cc1. The van der Waals surface area contributed by atoms with Gasteiger partial charge in [-0.1, -0.05) is 17.7 Å². The summed E-state index contributed by atoms with van der Waals surface area (Å²) in [5.74, 6) is 0. The standard InChI is InChI=1S/C13H25O3PSi2/c1-12-8-10-13(11-9-12)17(14,15-18(2,3)4)16-19(5,6)7/h8-11H,1-7H3. The van der Waals surface area contributed by atoms with Crippen molar-refractivity contribution < 1.29 is 13.0 Å². The Labute approximate surface area is 119 Å². The Morgan fingerprint density at radius 3 is 1.53 bits per heavy atom. The minimum atomic E-state index is -3.21. The minimum Gasteiger partial charge on any atom is -0.348 e. The second-order valence-corrected chi connectivity index (χ2v) is 18.2. The first-order valence-corrected chi connectivity index (χ1v) is 14.9. The van der Waals surface area contributed by atoms with Gasteiger partial charge in [0, 0.05) is 0 Å². The van der Waals surface area contributed by atoms with E-state index >= 15 is 0 Å². The summed E-state index contributed by atoms with van der Waals surface area (Å²) >= 11 is 0. The van der Waals surface area contributed by atoms with Gasteiger partial charge in [-0.2, -0.15) is 0 Å². The highest BCUT2D eigenvalue weighted by Crippen LogP contribution is 2.51. The number of hydrogen-bond donors (Lipinski definition) is 0. The first-order chi connectivity index (χ1) is 8.41. The van der Waals surface area contributed by atoms with Gasteiger partial charge in [-0.15, -0.1) is 0 Å². The third kappa shape index (κ3) is 5.75. The molecule has 0 aliphatic carbocycles. The average Bonchev–Trinajstić information content (AvgIpc) is 2.11. The van der Waals surface area contributed by atoms with Crippen molar-refractivity contribution in [2.75, 3.05) is 0 Å². The molecule has 0 spiro atoms. The van der Waals surface area contributed by atoms with Crippen molar-refractivity contribution in [3.8, 4) is 0 Å². The quantitative estimate of drug-likeness (QED) is 0.592. The molecule has 0 radical (unpaired) electrons. The fourth-order valence-corrected chi connectivity index (χ4v) is 9.18. The summed E-state index contributed by atoms with van der Waals surface area (Å²) in [6.45, 7) is 14.2. The van der Waals surface area contributed by atoms with E-state index in [0.717, 1.165) is 5.56 Å². The van der Waals surface area contributed by atoms with E-state index < -0.39 is 24.2 Å². The van der Waals surface area contributed by atoms with Crippen LogP contribution >= 0.6 is 7.60 Å². The fourth-order valence-electron chi connectivity index (χ4n) is 1.57. The van der Waals surface area contributed by atoms with Crippen LogP contribution < -0.4 is 5.30 Å². The predicted octanol–water partition coefficient (Wildman–Crippen LogP) is 4.52. The Hall–Kier alpha value is -0.196. The smallest absolute Gasteiger partial charge is 0.342 e. The van der Waals surface area contributed by atoms with Gasteiger partial charge in [-0.3, -0.25) is 4.57 Å². The van der Waals surface area contributed by atoms with E-state index in [1.54, 1.807) is 0 Å². The maximum absolute atomic E-state index is 13.2. The second kappa shape index (κ2) is 5.66. The van der Waals surface area contributed by atoms with Crippen molar-refractivity contribution in [2.24, 2.45) is 0 Å². The lowest BCUT2D eigenvalue weighted by Gasteiger charge is -2.31. The van der Waals surface area contributed by atoms with Gasteiger partial charge in [0.05, 0.1) is 5.30 Å². The van der Waals surface area contributed by atoms with Crippen LogP contribution in [0.25, 0.3) is 0 Å². The second-order valence-electron chi connectivity index (χ2n) is 6.74. The lowest BCUT2D eigenvalue weighted by atomic mass is 10.2. The normalized spacial score (nSPS) is 13.6. The van der Waals surface area contributed by atoms with Gasteiger partial charge in [0.2, 0.25) is 0 Å². The highest BCUT2D eigenvalue weighted by atomic mass is 31.2. The molecule has 0 saturated carbocycles. The van der Waals surface area contributed by atoms with Crippen molar-refractivity contribution in [3.63, 3.8) is 0 Å². The van der Waals surface area contributed by atoms with Gasteiger partial charge >= 0.3 is 7.60 Å². The summed E-state index contributed by atoms with van der Waals surface area (Å²) in [5.41, 5.74) is 1.14. The number of rotatable bonds is 5. The number of benzene rings is 1. The van der Waals surface area contributed by atoms with Crippen LogP contribution in [0.4, 0.5) is 0 Å². The number of aryl methyl sites for hydroxylation is 1. The minimum absolute atomic E-state index is 0.669. The van der Waals surface area contributed by atoms with Crippen LogP contribution in [-0.2, 0) is 13.0 Å². The van der Waals surface area contributed by atoms with Gasteiger partial charge in [-0.05, 0) is 58.3 Å². The van der Waals surface area contributed by atoms with Gasteiger partial charge in [0.15, 0.2) is 16.6 Å². The molecule has 0 fully saturated rings. The van der Waals surface area contributed by atoms with E-state index in [-0.39, 0.29) is 0 Å². The zero-order valence-electron chi connectivity index (χ0n) is 13.0. The molecule has 3 nitrogen and oxygen atoms in total. The van der Waals surface area contributed by atoms with E-state index in [1.807, 2.05) is 70.5 Å². The molecule has 1 rings (SSSR count). The molecule has 0 N–H and O–H groups in total. The molecule has 1 aromatic rings. The van der Waals surface area contributed by atoms with Crippen LogP contribution in [0.5, 0.6) is 0 Å². The van der Waals surface area contributed by atoms with Crippen molar-refractivity contribution in [2.45, 2.75) is 46.2 Å². The zero-order valence-corrected chi connectivity index (χ0v) is 15.9. The molecule has 0 aliphatic rings. The van der Waals surface area contributed by atoms with Crippen LogP contribution in [0.1, 0.15) is 5.56 Å². The number of hydrogen-bond acceptors (Lipinski definition) is 3. The molecule has 0 atom stereocenters. The summed E-state index contributed by atoms with van der Waals surface area (Å²) in [4.78, 5) is 0. The molecule has 0 unspecified atom stereocenters. The molecule has 0 heterocycles. The Morgan fingerprint density at radius 2 is 1.21 bits per heavy atom. The topological polar surface area (TPSA) is 35.5 Å². The Morgan fingerprint density at radius 1 is 0.842 bits per heavy atom. The Kier molecular flexibility index (Phi) is 5.02. The molecular weight excluding hydrogens is 291 g/mol. The summed E-state index contributed by atoms with van der Waals surface area (Å²) in [6, 6.07) is 7.61. The molecule has 0 amide bonds. The van der Waals surface area contributed by atoms with E-state index in [4.69, 9.17) is 8.43 Å². The summed E-state index contributed by atoms with van der Waals surface area (Å²) in [7, 11) is -7.12. The summed E-state index contributed by atoms with van der Waals surface area (Å²) < 4.78 is 25.1. The molecule has 0 saturated heterocycles. The van der Waals surface area contributed by atoms with Crippen molar-refractivity contribution >= 4 is 29.5 Å². The zero-order chi connectivity index (χ0) is 14.9. The molecular formula is C13H25O3PSi2. The van der Waals surface area contributed by atoms with Gasteiger partial charge in [-0.25, -0.2) is 0 Å². The Bertz CT molecular complexity index is 452. The average molecular weight is 316 g/mol. The maximum atomic E-state index is 13.2. The molecule has 1 aromatic carbocycles. The van der Waals surface area contributed by atoms with Crippen LogP contribution in [0.15, 0.2) is 24.3 Å². The van der Waals surface area contributed by atoms with Gasteiger partial charge in [0.1, 0.15) is 0 Å². The van der Waals surface area contributed by atoms with E-state index in [9.17, 15) is 4.57 Å². The van der Waals surface area contributed by atoms with Crippen molar-refractivity contribution in [1.29, 1.82) is 0 Å². The lowest BCUT2D eigenvalue weighted by molar-refractivity contribution is 0.396. The lowest BCUT2D eigenvalue weighted by Crippen LogP contribution is -2.33. The third-order valence-electron chi connectivity index (χ3n) is 2.14. The van der Waals surface area contributed by atoms with Gasteiger partial charge < -0.3 is 8.43 Å². The van der Waals surface area contributed by atoms with Crippen molar-refractivity contribution in [1.82, 2.24) is 0 Å². The highest BCUT2D eigenvalue weighted by molar-refractivity contribution is 7.65. The maximum Gasteiger partial charge on any atom is 0.342 e. The fraction of sp³-hybridized carbons (Fsp3) is 0.538. The third-order valence-corrected chi connectivity index (χ3v) is 9.37. The van der Waals surface area contributed by atoms with Crippen molar-refractivity contribution in [3.05, 3.63) is 29.8 Å². The summed E-state index contributed by atoms with van der Waals surface area (Å²) in [5, 5.41) is 0.669. The predicted molar refractivity (Wildman–Crippen MR) is 87.3 cm³/mol. The van der Waals surface area contributed by atoms with Gasteiger partial charge in [0.25, 0.3) is 0 Å². The van der Waals surface area contributed by atoms with E-state index in [1.165, 1.54) is 0 Å². The molecule has 19 heavy (non-hydrogen) atoms. The van der Waals surface area contributed by atoms with Crippen LogP contribution in [0.3, 0.4) is 0 Å². The highest BCUT2D eigenvalue weighted by Gasteiger charge is 2.37. The van der Waals surface area contributed by atoms with Crippen LogP contribution in [0, 0.1) is 6.92 Å². The first-order valence-electron chi connectivity index (χ1n) is 6.50. The van der Waals surface area contributed by atoms with E-state index in [0.29, 0.717) is 5.30 Å². The van der Waals surface area contributed by atoms with E-state index in [2.05, 4.69) is 0 Å². The van der Waals surface area contributed by atoms with Crippen LogP contribution in [-0.4, -0.2) is 16.6 Å². The largest absolute Gasteiger partial charge is 0.348 e. The van der Waals surface area contributed by atoms with Crippen LogP contribution in [0.2, 0.25) is 39.3 Å². The molecule has 0 aliphatic heterocycles. The monoisotopic (exact) mass is 316 g/mol. The molecule has 0 aromatic heterocycles. The Balaban J connectivity index is 3.19.